The average molecular weight is 475 g/mol. The van der Waals surface area contributed by atoms with Crippen molar-refractivity contribution in [3.8, 4) is 0 Å². The predicted molar refractivity (Wildman–Crippen MR) is 117 cm³/mol. The van der Waals surface area contributed by atoms with Crippen LogP contribution in [0.4, 0.5) is 0 Å². The Balaban J connectivity index is 1.73. The van der Waals surface area contributed by atoms with Gasteiger partial charge in [0.05, 0.1) is 0 Å². The number of Topliss-reactive ketones (excluding diaryl/α,β-unsaturated/α-hetero) is 1. The molecule has 1 aromatic heterocycles. The van der Waals surface area contributed by atoms with Gasteiger partial charge in [-0.25, -0.2) is 0 Å². The van der Waals surface area contributed by atoms with E-state index in [0.29, 0.717) is 10.9 Å². The van der Waals surface area contributed by atoms with Crippen LogP contribution in [-0.2, 0) is 15.8 Å². The maximum absolute atomic E-state index is 13.0. The van der Waals surface area contributed by atoms with E-state index in [4.69, 9.17) is 0 Å². The number of ketones is 1. The van der Waals surface area contributed by atoms with Gasteiger partial charge in [-0.05, 0) is 50.9 Å². The van der Waals surface area contributed by atoms with Crippen molar-refractivity contribution in [2.45, 2.75) is 12.1 Å². The van der Waals surface area contributed by atoms with Crippen LogP contribution in [0.1, 0.15) is 16.8 Å². The zero-order chi connectivity index (χ0) is 19.9. The molecule has 142 valence electrons. The number of benzene rings is 3. The zero-order valence-corrected chi connectivity index (χ0v) is 17.9. The summed E-state index contributed by atoms with van der Waals surface area (Å²) in [6, 6.07) is 19.0. The highest BCUT2D eigenvalue weighted by Gasteiger charge is 2.38. The van der Waals surface area contributed by atoms with E-state index in [1.54, 1.807) is 11.4 Å². The van der Waals surface area contributed by atoms with Crippen molar-refractivity contribution in [3.05, 3.63) is 81.6 Å². The van der Waals surface area contributed by atoms with Crippen LogP contribution in [0, 0.1) is 0 Å². The molecule has 0 spiro atoms. The fourth-order valence-electron chi connectivity index (χ4n) is 3.42. The third-order valence-corrected chi connectivity index (χ3v) is 7.41. The maximum atomic E-state index is 13.0. The molecule has 0 saturated carbocycles. The molecule has 3 aromatic carbocycles. The molecular weight excluding hydrogens is 459 g/mol. The van der Waals surface area contributed by atoms with Crippen molar-refractivity contribution >= 4 is 61.5 Å². The lowest BCUT2D eigenvalue weighted by Crippen LogP contribution is -2.15. The molecule has 1 heterocycles. The van der Waals surface area contributed by atoms with Gasteiger partial charge in [0.15, 0.2) is 5.78 Å². The number of hydrogen-bond acceptors (Lipinski definition) is 3. The molecule has 0 saturated heterocycles. The van der Waals surface area contributed by atoms with Crippen LogP contribution in [0.3, 0.4) is 0 Å². The topological polar surface area (TPSA) is 74.6 Å². The fraction of sp³-hybridized carbons (Fsp3) is 0.0952. The Bertz CT molecular complexity index is 1240. The van der Waals surface area contributed by atoms with Crippen LogP contribution in [0.25, 0.3) is 20.9 Å². The molecule has 28 heavy (non-hydrogen) atoms. The van der Waals surface area contributed by atoms with E-state index in [1.165, 1.54) is 11.3 Å². The van der Waals surface area contributed by atoms with Crippen LogP contribution < -0.4 is 0 Å². The molecule has 7 heteroatoms. The Morgan fingerprint density at radius 3 is 2.54 bits per heavy atom. The Labute approximate surface area is 174 Å². The Morgan fingerprint density at radius 1 is 1.04 bits per heavy atom. The molecule has 0 amide bonds. The summed E-state index contributed by atoms with van der Waals surface area (Å²) in [6.07, 6.45) is -0.0358. The van der Waals surface area contributed by atoms with Crippen molar-refractivity contribution in [1.82, 2.24) is 0 Å². The first-order chi connectivity index (χ1) is 13.3. The Kier molecular flexibility index (Phi) is 5.25. The molecule has 0 aliphatic carbocycles. The van der Waals surface area contributed by atoms with Crippen LogP contribution in [0.5, 0.6) is 0 Å². The summed E-state index contributed by atoms with van der Waals surface area (Å²) in [4.78, 5) is 33.0. The first kappa shape index (κ1) is 19.5. The van der Waals surface area contributed by atoms with Gasteiger partial charge in [0.2, 0.25) is 0 Å². The van der Waals surface area contributed by atoms with E-state index in [-0.39, 0.29) is 6.42 Å². The lowest BCUT2D eigenvalue weighted by molar-refractivity contribution is -0.118. The van der Waals surface area contributed by atoms with E-state index in [0.717, 1.165) is 25.5 Å². The molecule has 4 rings (SSSR count). The summed E-state index contributed by atoms with van der Waals surface area (Å²) in [6.45, 7) is 0. The molecule has 0 radical (unpaired) electrons. The highest BCUT2D eigenvalue weighted by Crippen LogP contribution is 2.55. The second-order valence-electron chi connectivity index (χ2n) is 6.65. The van der Waals surface area contributed by atoms with Gasteiger partial charge in [0.1, 0.15) is 5.66 Å². The lowest BCUT2D eigenvalue weighted by atomic mass is 9.99. The predicted octanol–water partition coefficient (Wildman–Crippen LogP) is 5.85. The van der Waals surface area contributed by atoms with Crippen LogP contribution >= 0.6 is 34.9 Å². The first-order valence-corrected chi connectivity index (χ1v) is 11.9. The number of carbonyl (C=O) groups is 1. The molecule has 2 N–H and O–H groups in total. The van der Waals surface area contributed by atoms with Crippen molar-refractivity contribution in [1.29, 1.82) is 0 Å². The third kappa shape index (κ3) is 3.84. The smallest absolute Gasteiger partial charge is 0.324 e. The van der Waals surface area contributed by atoms with E-state index in [2.05, 4.69) is 15.9 Å². The quantitative estimate of drug-likeness (QED) is 0.356. The second kappa shape index (κ2) is 7.54. The van der Waals surface area contributed by atoms with Gasteiger partial charge >= 0.3 is 7.60 Å². The van der Waals surface area contributed by atoms with Crippen molar-refractivity contribution < 1.29 is 19.1 Å². The highest BCUT2D eigenvalue weighted by atomic mass is 79.9. The number of carbonyl (C=O) groups excluding carboxylic acids is 1. The third-order valence-electron chi connectivity index (χ3n) is 4.69. The molecular formula is C21H16BrO4PS. The van der Waals surface area contributed by atoms with Crippen LogP contribution in [0.2, 0.25) is 0 Å². The van der Waals surface area contributed by atoms with E-state index in [9.17, 15) is 19.1 Å². The summed E-state index contributed by atoms with van der Waals surface area (Å²) in [7, 11) is -4.68. The minimum absolute atomic E-state index is 0.0358. The SMILES string of the molecule is O=C(Cc1ccc2ccccc2c1)C(c1csc2ccc(Br)cc12)P(=O)(O)O. The lowest BCUT2D eigenvalue weighted by Gasteiger charge is -2.17. The first-order valence-electron chi connectivity index (χ1n) is 8.55. The summed E-state index contributed by atoms with van der Waals surface area (Å²) < 4.78 is 14.0. The van der Waals surface area contributed by atoms with Gasteiger partial charge in [0, 0.05) is 15.6 Å². The molecule has 0 aliphatic heterocycles. The van der Waals surface area contributed by atoms with Gasteiger partial charge in [-0.2, -0.15) is 0 Å². The number of hydrogen-bond donors (Lipinski definition) is 2. The normalized spacial score (nSPS) is 13.1. The van der Waals surface area contributed by atoms with E-state index in [1.807, 2.05) is 54.6 Å². The van der Waals surface area contributed by atoms with E-state index < -0.39 is 19.0 Å². The van der Waals surface area contributed by atoms with Crippen LogP contribution in [-0.4, -0.2) is 15.6 Å². The van der Waals surface area contributed by atoms with E-state index >= 15 is 0 Å². The molecule has 1 atom stereocenters. The largest absolute Gasteiger partial charge is 0.340 e. The highest BCUT2D eigenvalue weighted by molar-refractivity contribution is 9.10. The molecule has 0 bridgehead atoms. The maximum Gasteiger partial charge on any atom is 0.340 e. The summed E-state index contributed by atoms with van der Waals surface area (Å²) in [5.74, 6) is -0.483. The fourth-order valence-corrected chi connectivity index (χ4v) is 5.89. The zero-order valence-electron chi connectivity index (χ0n) is 14.6. The molecule has 4 aromatic rings. The Hall–Kier alpha value is -1.82. The molecule has 1 unspecified atom stereocenters. The number of thiophene rings is 1. The van der Waals surface area contributed by atoms with Crippen molar-refractivity contribution in [3.63, 3.8) is 0 Å². The van der Waals surface area contributed by atoms with Gasteiger partial charge in [-0.1, -0.05) is 58.4 Å². The monoisotopic (exact) mass is 474 g/mol. The van der Waals surface area contributed by atoms with Gasteiger partial charge in [0.25, 0.3) is 0 Å². The molecule has 4 nitrogen and oxygen atoms in total. The summed E-state index contributed by atoms with van der Waals surface area (Å²) in [5.41, 5.74) is -0.342. The Morgan fingerprint density at radius 2 is 1.79 bits per heavy atom. The number of fused-ring (bicyclic) bond motifs is 2. The van der Waals surface area contributed by atoms with Crippen molar-refractivity contribution in [2.24, 2.45) is 0 Å². The number of halogens is 1. The molecule has 0 fully saturated rings. The minimum Gasteiger partial charge on any atom is -0.324 e. The second-order valence-corrected chi connectivity index (χ2v) is 10.2. The van der Waals surface area contributed by atoms with Crippen molar-refractivity contribution in [2.75, 3.05) is 0 Å². The summed E-state index contributed by atoms with van der Waals surface area (Å²) in [5, 5.41) is 4.42. The average Bonchev–Trinajstić information content (AvgIpc) is 3.03. The standard InChI is InChI=1S/C21H16BrO4PS/c22-16-7-8-20-17(11-16)18(12-28-20)21(27(24,25)26)19(23)10-13-5-6-14-3-1-2-4-15(14)9-13/h1-9,11-12,21H,10H2,(H2,24,25,26). The minimum atomic E-state index is -4.68. The van der Waals surface area contributed by atoms with Gasteiger partial charge in [-0.15, -0.1) is 11.3 Å². The number of rotatable bonds is 5. The van der Waals surface area contributed by atoms with Crippen LogP contribution in [0.15, 0.2) is 70.5 Å². The van der Waals surface area contributed by atoms with Gasteiger partial charge in [-0.3, -0.25) is 9.36 Å². The summed E-state index contributed by atoms with van der Waals surface area (Å²) >= 11 is 4.77. The molecule has 0 aliphatic rings. The van der Waals surface area contributed by atoms with Gasteiger partial charge < -0.3 is 9.79 Å².